The Kier molecular flexibility index (Phi) is 7.30. The smallest absolute Gasteiger partial charge is 0.261 e. The first-order chi connectivity index (χ1) is 12.4. The van der Waals surface area contributed by atoms with Gasteiger partial charge in [-0.05, 0) is 36.8 Å². The highest BCUT2D eigenvalue weighted by Gasteiger charge is 2.26. The Morgan fingerprint density at radius 3 is 2.54 bits per heavy atom. The minimum Gasteiger partial charge on any atom is -0.482 e. The van der Waals surface area contributed by atoms with Crippen molar-refractivity contribution in [3.8, 4) is 5.75 Å². The summed E-state index contributed by atoms with van der Waals surface area (Å²) in [5.74, 6) is -0.183. The van der Waals surface area contributed by atoms with Gasteiger partial charge in [-0.1, -0.05) is 47.5 Å². The summed E-state index contributed by atoms with van der Waals surface area (Å²) in [6, 6.07) is 13.4. The second-order valence-corrected chi connectivity index (χ2v) is 6.50. The van der Waals surface area contributed by atoms with Gasteiger partial charge in [0.05, 0.1) is 5.02 Å². The van der Waals surface area contributed by atoms with Crippen molar-refractivity contribution in [2.45, 2.75) is 19.5 Å². The van der Waals surface area contributed by atoms with Crippen LogP contribution in [-0.2, 0) is 16.1 Å². The number of benzene rings is 2. The van der Waals surface area contributed by atoms with Crippen LogP contribution in [0.5, 0.6) is 5.75 Å². The number of ether oxygens (including phenoxy) is 1. The van der Waals surface area contributed by atoms with Gasteiger partial charge in [-0.3, -0.25) is 9.59 Å². The summed E-state index contributed by atoms with van der Waals surface area (Å²) in [5, 5.41) is 3.54. The molecule has 7 heteroatoms. The van der Waals surface area contributed by atoms with Crippen LogP contribution >= 0.6 is 23.2 Å². The third-order valence-electron chi connectivity index (χ3n) is 3.84. The zero-order valence-electron chi connectivity index (χ0n) is 14.5. The molecule has 0 heterocycles. The molecule has 2 aromatic rings. The molecule has 2 aromatic carbocycles. The van der Waals surface area contributed by atoms with Gasteiger partial charge in [-0.25, -0.2) is 0 Å². The number of nitrogens with zero attached hydrogens (tertiary/aromatic N) is 1. The number of rotatable bonds is 7. The van der Waals surface area contributed by atoms with E-state index in [4.69, 9.17) is 27.9 Å². The van der Waals surface area contributed by atoms with Crippen LogP contribution in [0.2, 0.25) is 10.0 Å². The van der Waals surface area contributed by atoms with Gasteiger partial charge in [0, 0.05) is 18.6 Å². The van der Waals surface area contributed by atoms with Gasteiger partial charge in [0.2, 0.25) is 5.91 Å². The van der Waals surface area contributed by atoms with Crippen LogP contribution in [0.25, 0.3) is 0 Å². The average Bonchev–Trinajstić information content (AvgIpc) is 2.64. The van der Waals surface area contributed by atoms with Gasteiger partial charge in [0.15, 0.2) is 6.61 Å². The van der Waals surface area contributed by atoms with Crippen molar-refractivity contribution in [2.24, 2.45) is 0 Å². The molecule has 2 amide bonds. The molecular weight excluding hydrogens is 375 g/mol. The molecule has 0 saturated carbocycles. The van der Waals surface area contributed by atoms with Crippen LogP contribution < -0.4 is 10.1 Å². The summed E-state index contributed by atoms with van der Waals surface area (Å²) < 4.78 is 5.52. The minimum absolute atomic E-state index is 0.231. The molecule has 0 aliphatic rings. The lowest BCUT2D eigenvalue weighted by Crippen LogP contribution is -2.48. The molecule has 0 aliphatic carbocycles. The van der Waals surface area contributed by atoms with Crippen LogP contribution in [-0.4, -0.2) is 36.4 Å². The van der Waals surface area contributed by atoms with Crippen LogP contribution in [0.3, 0.4) is 0 Å². The van der Waals surface area contributed by atoms with E-state index in [0.717, 1.165) is 5.56 Å². The lowest BCUT2D eigenvalue weighted by molar-refractivity contribution is -0.142. The third-order valence-corrected chi connectivity index (χ3v) is 4.39. The highest BCUT2D eigenvalue weighted by molar-refractivity contribution is 6.32. The number of carbonyl (C=O) groups is 2. The van der Waals surface area contributed by atoms with Gasteiger partial charge >= 0.3 is 0 Å². The van der Waals surface area contributed by atoms with Crippen LogP contribution in [0, 0.1) is 0 Å². The first-order valence-electron chi connectivity index (χ1n) is 8.05. The van der Waals surface area contributed by atoms with Crippen molar-refractivity contribution in [3.05, 3.63) is 64.1 Å². The maximum Gasteiger partial charge on any atom is 0.261 e. The van der Waals surface area contributed by atoms with Crippen molar-refractivity contribution in [3.63, 3.8) is 0 Å². The molecule has 1 atom stereocenters. The second-order valence-electron chi connectivity index (χ2n) is 5.66. The second kappa shape index (κ2) is 9.46. The van der Waals surface area contributed by atoms with Gasteiger partial charge < -0.3 is 15.0 Å². The van der Waals surface area contributed by atoms with E-state index in [2.05, 4.69) is 5.32 Å². The number of amides is 2. The molecule has 5 nitrogen and oxygen atoms in total. The molecule has 26 heavy (non-hydrogen) atoms. The van der Waals surface area contributed by atoms with Gasteiger partial charge in [-0.2, -0.15) is 0 Å². The van der Waals surface area contributed by atoms with Gasteiger partial charge in [-0.15, -0.1) is 0 Å². The van der Waals surface area contributed by atoms with E-state index in [-0.39, 0.29) is 25.0 Å². The van der Waals surface area contributed by atoms with E-state index in [0.29, 0.717) is 15.8 Å². The van der Waals surface area contributed by atoms with E-state index in [1.165, 1.54) is 11.9 Å². The molecule has 0 bridgehead atoms. The van der Waals surface area contributed by atoms with E-state index < -0.39 is 6.04 Å². The fourth-order valence-electron chi connectivity index (χ4n) is 2.41. The fraction of sp³-hybridized carbons (Fsp3) is 0.263. The maximum absolute atomic E-state index is 12.7. The first kappa shape index (κ1) is 20.1. The first-order valence-corrected chi connectivity index (χ1v) is 8.80. The Morgan fingerprint density at radius 1 is 1.15 bits per heavy atom. The Hall–Kier alpha value is -2.24. The minimum atomic E-state index is -0.665. The van der Waals surface area contributed by atoms with Gasteiger partial charge in [0.1, 0.15) is 11.8 Å². The largest absolute Gasteiger partial charge is 0.482 e. The van der Waals surface area contributed by atoms with E-state index in [9.17, 15) is 9.59 Å². The molecule has 0 saturated heterocycles. The maximum atomic E-state index is 12.7. The summed E-state index contributed by atoms with van der Waals surface area (Å²) in [4.78, 5) is 26.2. The molecule has 138 valence electrons. The predicted molar refractivity (Wildman–Crippen MR) is 102 cm³/mol. The highest BCUT2D eigenvalue weighted by Crippen LogP contribution is 2.23. The van der Waals surface area contributed by atoms with Crippen molar-refractivity contribution < 1.29 is 14.3 Å². The van der Waals surface area contributed by atoms with Crippen LogP contribution in [0.4, 0.5) is 0 Å². The number of hydrogen-bond donors (Lipinski definition) is 1. The zero-order chi connectivity index (χ0) is 19.1. The van der Waals surface area contributed by atoms with E-state index in [1.807, 2.05) is 6.07 Å². The van der Waals surface area contributed by atoms with Crippen molar-refractivity contribution in [2.75, 3.05) is 13.7 Å². The normalized spacial score (nSPS) is 11.5. The molecule has 0 aliphatic heterocycles. The third kappa shape index (κ3) is 5.38. The van der Waals surface area contributed by atoms with E-state index in [1.54, 1.807) is 49.4 Å². The monoisotopic (exact) mass is 394 g/mol. The van der Waals surface area contributed by atoms with Crippen LogP contribution in [0.15, 0.2) is 48.5 Å². The molecule has 0 fully saturated rings. The molecule has 0 spiro atoms. The van der Waals surface area contributed by atoms with Crippen LogP contribution in [0.1, 0.15) is 12.5 Å². The molecule has 0 radical (unpaired) electrons. The van der Waals surface area contributed by atoms with E-state index >= 15 is 0 Å². The van der Waals surface area contributed by atoms with Gasteiger partial charge in [0.25, 0.3) is 5.91 Å². The summed E-state index contributed by atoms with van der Waals surface area (Å²) in [6.45, 7) is 1.67. The Bertz CT molecular complexity index is 783. The molecular formula is C19H20Cl2N2O3. The number of nitrogens with one attached hydrogen (secondary N) is 1. The summed E-state index contributed by atoms with van der Waals surface area (Å²) in [7, 11) is 1.53. The summed E-state index contributed by atoms with van der Waals surface area (Å²) in [6.07, 6.45) is 0. The number of halogens is 2. The number of carbonyl (C=O) groups excluding carboxylic acids is 2. The summed E-state index contributed by atoms with van der Waals surface area (Å²) >= 11 is 12.1. The Balaban J connectivity index is 2.15. The summed E-state index contributed by atoms with van der Waals surface area (Å²) in [5.41, 5.74) is 0.819. The van der Waals surface area contributed by atoms with Crippen molar-refractivity contribution in [1.82, 2.24) is 10.2 Å². The molecule has 1 N–H and O–H groups in total. The molecule has 0 unspecified atom stereocenters. The molecule has 2 rings (SSSR count). The zero-order valence-corrected chi connectivity index (χ0v) is 16.1. The Labute approximate surface area is 162 Å². The van der Waals surface area contributed by atoms with Crippen molar-refractivity contribution >= 4 is 35.0 Å². The number of hydrogen-bond acceptors (Lipinski definition) is 3. The van der Waals surface area contributed by atoms with Crippen molar-refractivity contribution in [1.29, 1.82) is 0 Å². The standard InChI is InChI=1S/C19H20Cl2N2O3/c1-13(19(25)22-2)23(11-14-6-5-7-15(20)10-14)18(24)12-26-17-9-4-3-8-16(17)21/h3-10,13H,11-12H2,1-2H3,(H,22,25)/t13-/m0/s1. The molecule has 0 aromatic heterocycles. The lowest BCUT2D eigenvalue weighted by Gasteiger charge is -2.28. The predicted octanol–water partition coefficient (Wildman–Crippen LogP) is 3.54. The Morgan fingerprint density at radius 2 is 1.88 bits per heavy atom. The number of likely N-dealkylation sites (N-methyl/N-ethyl adjacent to an activating group) is 1. The fourth-order valence-corrected chi connectivity index (χ4v) is 2.81. The number of para-hydroxylation sites is 1. The lowest BCUT2D eigenvalue weighted by atomic mass is 10.1. The topological polar surface area (TPSA) is 58.6 Å². The highest BCUT2D eigenvalue weighted by atomic mass is 35.5. The average molecular weight is 395 g/mol. The SMILES string of the molecule is CNC(=O)[C@H](C)N(Cc1cccc(Cl)c1)C(=O)COc1ccccc1Cl. The quantitative estimate of drug-likeness (QED) is 0.780.